The van der Waals surface area contributed by atoms with Gasteiger partial charge in [-0.1, -0.05) is 60.7 Å². The summed E-state index contributed by atoms with van der Waals surface area (Å²) >= 11 is 0. The van der Waals surface area contributed by atoms with Crippen molar-refractivity contribution in [1.82, 2.24) is 5.32 Å². The predicted molar refractivity (Wildman–Crippen MR) is 156 cm³/mol. The third kappa shape index (κ3) is 4.86. The number of anilines is 1. The topological polar surface area (TPSA) is 161 Å². The Morgan fingerprint density at radius 1 is 0.738 bits per heavy atom. The maximum Gasteiger partial charge on any atom is 0.262 e. The highest BCUT2D eigenvalue weighted by atomic mass is 35.7. The van der Waals surface area contributed by atoms with E-state index in [1.165, 1.54) is 54.6 Å². The highest BCUT2D eigenvalue weighted by Crippen LogP contribution is 2.46. The molecule has 214 valence electrons. The van der Waals surface area contributed by atoms with Gasteiger partial charge in [-0.3, -0.25) is 19.2 Å². The predicted octanol–water partition coefficient (Wildman–Crippen LogP) is 3.82. The van der Waals surface area contributed by atoms with E-state index in [0.29, 0.717) is 0 Å². The van der Waals surface area contributed by atoms with Crippen molar-refractivity contribution in [2.75, 3.05) is 5.32 Å². The van der Waals surface area contributed by atoms with Gasteiger partial charge in [0.05, 0.1) is 16.8 Å². The third-order valence-corrected chi connectivity index (χ3v) is 10.7. The molecule has 5 rings (SSSR count). The average molecular weight is 645 g/mol. The molecule has 2 N–H and O–H groups in total. The van der Waals surface area contributed by atoms with Crippen molar-refractivity contribution in [3.63, 3.8) is 0 Å². The van der Waals surface area contributed by atoms with Crippen LogP contribution in [0.15, 0.2) is 102 Å². The van der Waals surface area contributed by atoms with Crippen molar-refractivity contribution in [2.24, 2.45) is 0 Å². The zero-order chi connectivity index (χ0) is 30.4. The molecule has 14 heteroatoms. The minimum absolute atomic E-state index is 0.0561. The van der Waals surface area contributed by atoms with Gasteiger partial charge in [-0.15, -0.1) is 0 Å². The number of ketones is 2. The highest BCUT2D eigenvalue weighted by molar-refractivity contribution is 8.18. The van der Waals surface area contributed by atoms with Crippen molar-refractivity contribution in [3.8, 4) is 0 Å². The Bertz CT molecular complexity index is 1960. The Morgan fingerprint density at radius 3 is 1.86 bits per heavy atom. The lowest BCUT2D eigenvalue weighted by atomic mass is 9.76. The van der Waals surface area contributed by atoms with E-state index in [4.69, 9.17) is 21.4 Å². The molecule has 2 amide bonds. The van der Waals surface area contributed by atoms with Gasteiger partial charge in [0.1, 0.15) is 5.25 Å². The Hall–Kier alpha value is -4.10. The monoisotopic (exact) mass is 644 g/mol. The molecule has 2 atom stereocenters. The van der Waals surface area contributed by atoms with Crippen LogP contribution in [-0.2, 0) is 18.1 Å². The van der Waals surface area contributed by atoms with Crippen LogP contribution in [0, 0.1) is 0 Å². The van der Waals surface area contributed by atoms with E-state index in [0.717, 1.165) is 12.2 Å². The van der Waals surface area contributed by atoms with Crippen LogP contribution in [0.2, 0.25) is 0 Å². The molecule has 2 aliphatic rings. The largest absolute Gasteiger partial charge is 0.327 e. The van der Waals surface area contributed by atoms with Crippen LogP contribution in [0.1, 0.15) is 41.4 Å². The summed E-state index contributed by atoms with van der Waals surface area (Å²) in [5.74, 6) is -3.75. The zero-order valence-corrected chi connectivity index (χ0v) is 24.2. The van der Waals surface area contributed by atoms with Gasteiger partial charge in [0.15, 0.2) is 11.6 Å². The summed E-state index contributed by atoms with van der Waals surface area (Å²) in [6.07, 6.45) is 1.71. The van der Waals surface area contributed by atoms with Crippen LogP contribution >= 0.6 is 21.4 Å². The minimum atomic E-state index is -5.29. The third-order valence-electron chi connectivity index (χ3n) is 6.79. The number of carbonyl (C=O) groups is 4. The number of hydrogen-bond acceptors (Lipinski definition) is 8. The average Bonchev–Trinajstić information content (AvgIpc) is 2.95. The fourth-order valence-corrected chi connectivity index (χ4v) is 9.09. The van der Waals surface area contributed by atoms with E-state index >= 15 is 0 Å². The van der Waals surface area contributed by atoms with Gasteiger partial charge in [-0.05, 0) is 30.3 Å². The lowest BCUT2D eigenvalue weighted by molar-refractivity contribution is 0.0914. The van der Waals surface area contributed by atoms with Crippen molar-refractivity contribution in [3.05, 3.63) is 124 Å². The summed E-state index contributed by atoms with van der Waals surface area (Å²) in [7, 11) is 1.34. The SMILES string of the molecule is O=C(Nc1cccc2c1C(=O)C1=C(C2=O)C(NC(=O)c2ccccc2)(S(=O)(=O)Cl)C(S(=O)(=O)Cl)C=C1)c1ccccc1. The van der Waals surface area contributed by atoms with Crippen molar-refractivity contribution in [1.29, 1.82) is 0 Å². The van der Waals surface area contributed by atoms with Crippen LogP contribution in [-0.4, -0.2) is 50.3 Å². The standard InChI is InChI=1S/C28H18Cl2N2O8S2/c29-41(37,38)21-15-14-19-23(28(21,42(30,39)40)32-27(36)17-10-5-2-6-11-17)25(34)18-12-7-13-20(22(18)24(19)33)31-26(35)16-8-3-1-4-9-16/h1-15,21H,(H,31,35)(H,32,36). The first-order valence-corrected chi connectivity index (χ1v) is 16.7. The molecule has 0 aromatic heterocycles. The van der Waals surface area contributed by atoms with E-state index in [-0.39, 0.29) is 27.9 Å². The fraction of sp³-hybridized carbons (Fsp3) is 0.0714. The van der Waals surface area contributed by atoms with Crippen molar-refractivity contribution >= 4 is 68.5 Å². The van der Waals surface area contributed by atoms with Gasteiger partial charge in [-0.2, -0.15) is 0 Å². The lowest BCUT2D eigenvalue weighted by Gasteiger charge is -2.41. The first kappa shape index (κ1) is 29.4. The molecular formula is C28H18Cl2N2O8S2. The number of hydrogen-bond donors (Lipinski definition) is 2. The minimum Gasteiger partial charge on any atom is -0.327 e. The van der Waals surface area contributed by atoms with Crippen LogP contribution in [0.25, 0.3) is 0 Å². The molecule has 0 spiro atoms. The summed E-state index contributed by atoms with van der Waals surface area (Å²) in [6.45, 7) is 0. The van der Waals surface area contributed by atoms with Gasteiger partial charge in [0, 0.05) is 43.6 Å². The smallest absolute Gasteiger partial charge is 0.262 e. The quantitative estimate of drug-likeness (QED) is 0.383. The number of benzene rings is 3. The Balaban J connectivity index is 1.72. The van der Waals surface area contributed by atoms with Crippen molar-refractivity contribution in [2.45, 2.75) is 10.1 Å². The molecule has 10 nitrogen and oxygen atoms in total. The van der Waals surface area contributed by atoms with Gasteiger partial charge in [-0.25, -0.2) is 16.8 Å². The zero-order valence-electron chi connectivity index (χ0n) is 21.1. The molecule has 0 saturated heterocycles. The van der Waals surface area contributed by atoms with E-state index in [9.17, 15) is 36.0 Å². The molecule has 0 bridgehead atoms. The normalized spacial score (nSPS) is 20.0. The van der Waals surface area contributed by atoms with Crippen LogP contribution in [0.4, 0.5) is 5.69 Å². The number of halogens is 2. The second-order valence-electron chi connectivity index (χ2n) is 9.24. The summed E-state index contributed by atoms with van der Waals surface area (Å²) in [4.78, 5) is 50.9. The second-order valence-corrected chi connectivity index (χ2v) is 14.7. The first-order chi connectivity index (χ1) is 19.8. The number of fused-ring (bicyclic) bond motifs is 1. The highest BCUT2D eigenvalue weighted by Gasteiger charge is 2.63. The summed E-state index contributed by atoms with van der Waals surface area (Å²) in [5.41, 5.74) is -1.97. The number of nitrogens with one attached hydrogen (secondary N) is 2. The number of Topliss-reactive ketones (excluding diaryl/α,β-unsaturated/α-hetero) is 2. The van der Waals surface area contributed by atoms with Crippen LogP contribution in [0.5, 0.6) is 0 Å². The number of carbonyl (C=O) groups excluding carboxylic acids is 4. The molecule has 2 unspecified atom stereocenters. The Labute approximate surface area is 248 Å². The number of amides is 2. The summed E-state index contributed by atoms with van der Waals surface area (Å²) in [5, 5.41) is 2.40. The van der Waals surface area contributed by atoms with E-state index in [1.54, 1.807) is 24.3 Å². The van der Waals surface area contributed by atoms with Gasteiger partial charge in [0.2, 0.25) is 13.9 Å². The van der Waals surface area contributed by atoms with E-state index < -0.39 is 62.7 Å². The molecule has 3 aromatic carbocycles. The maximum atomic E-state index is 14.1. The van der Waals surface area contributed by atoms with Crippen LogP contribution < -0.4 is 10.6 Å². The van der Waals surface area contributed by atoms with E-state index in [2.05, 4.69) is 10.6 Å². The molecule has 0 aliphatic heterocycles. The molecule has 3 aromatic rings. The molecule has 0 heterocycles. The molecular weight excluding hydrogens is 627 g/mol. The first-order valence-electron chi connectivity index (χ1n) is 12.0. The lowest BCUT2D eigenvalue weighted by Crippen LogP contribution is -2.65. The molecule has 0 fully saturated rings. The van der Waals surface area contributed by atoms with Gasteiger partial charge < -0.3 is 10.6 Å². The number of allylic oxidation sites excluding steroid dienone is 2. The Kier molecular flexibility index (Phi) is 7.44. The van der Waals surface area contributed by atoms with Crippen molar-refractivity contribution < 1.29 is 36.0 Å². The summed E-state index contributed by atoms with van der Waals surface area (Å²) < 4.78 is 52.2. The van der Waals surface area contributed by atoms with Crippen LogP contribution in [0.3, 0.4) is 0 Å². The van der Waals surface area contributed by atoms with E-state index in [1.807, 2.05) is 0 Å². The van der Waals surface area contributed by atoms with Gasteiger partial charge >= 0.3 is 0 Å². The maximum absolute atomic E-state index is 14.1. The Morgan fingerprint density at radius 2 is 1.31 bits per heavy atom. The fourth-order valence-electron chi connectivity index (χ4n) is 4.95. The molecule has 2 aliphatic carbocycles. The molecule has 0 radical (unpaired) electrons. The molecule has 42 heavy (non-hydrogen) atoms. The summed E-state index contributed by atoms with van der Waals surface area (Å²) in [6, 6.07) is 19.1. The second kappa shape index (κ2) is 10.6. The van der Waals surface area contributed by atoms with Gasteiger partial charge in [0.25, 0.3) is 20.9 Å². The molecule has 0 saturated carbocycles. The number of rotatable bonds is 6.